The SMILES string of the molecule is C[NH+](CCOc1ccccc1)CC(=O)NCCOc1ccc(Cl)cc1. The van der Waals surface area contributed by atoms with Crippen LogP contribution in [0.1, 0.15) is 0 Å². The van der Waals surface area contributed by atoms with Crippen LogP contribution in [-0.4, -0.2) is 45.8 Å². The van der Waals surface area contributed by atoms with Crippen LogP contribution in [0.25, 0.3) is 0 Å². The molecule has 0 spiro atoms. The maximum atomic E-state index is 11.9. The Morgan fingerprint density at radius 3 is 2.36 bits per heavy atom. The van der Waals surface area contributed by atoms with Crippen LogP contribution >= 0.6 is 11.6 Å². The molecule has 25 heavy (non-hydrogen) atoms. The van der Waals surface area contributed by atoms with Gasteiger partial charge in [0.15, 0.2) is 6.54 Å². The molecule has 1 amide bonds. The van der Waals surface area contributed by atoms with Gasteiger partial charge >= 0.3 is 0 Å². The van der Waals surface area contributed by atoms with Crippen LogP contribution in [0.4, 0.5) is 0 Å². The van der Waals surface area contributed by atoms with E-state index in [-0.39, 0.29) is 5.91 Å². The summed E-state index contributed by atoms with van der Waals surface area (Å²) < 4.78 is 11.2. The predicted octanol–water partition coefficient (Wildman–Crippen LogP) is 1.43. The third-order valence-corrected chi connectivity index (χ3v) is 3.76. The number of rotatable bonds is 10. The third-order valence-electron chi connectivity index (χ3n) is 3.51. The van der Waals surface area contributed by atoms with E-state index in [1.807, 2.05) is 37.4 Å². The molecule has 2 N–H and O–H groups in total. The fourth-order valence-electron chi connectivity index (χ4n) is 2.17. The Labute approximate surface area is 153 Å². The lowest BCUT2D eigenvalue weighted by Crippen LogP contribution is -3.10. The fourth-order valence-corrected chi connectivity index (χ4v) is 2.30. The summed E-state index contributed by atoms with van der Waals surface area (Å²) in [5, 5.41) is 3.52. The number of amides is 1. The minimum atomic E-state index is -0.00285. The van der Waals surface area contributed by atoms with Gasteiger partial charge in [0.05, 0.1) is 13.6 Å². The number of quaternary nitrogens is 1. The van der Waals surface area contributed by atoms with Crippen molar-refractivity contribution < 1.29 is 19.2 Å². The van der Waals surface area contributed by atoms with Gasteiger partial charge in [-0.15, -0.1) is 0 Å². The second-order valence-corrected chi connectivity index (χ2v) is 6.13. The molecule has 0 aliphatic heterocycles. The Morgan fingerprint density at radius 1 is 1.00 bits per heavy atom. The van der Waals surface area contributed by atoms with Gasteiger partial charge in [-0.3, -0.25) is 4.79 Å². The number of carbonyl (C=O) groups is 1. The number of halogens is 1. The van der Waals surface area contributed by atoms with Crippen molar-refractivity contribution in [3.05, 3.63) is 59.6 Å². The molecule has 5 nitrogen and oxygen atoms in total. The van der Waals surface area contributed by atoms with Gasteiger partial charge in [0.1, 0.15) is 31.3 Å². The number of likely N-dealkylation sites (N-methyl/N-ethyl adjacent to an activating group) is 1. The fraction of sp³-hybridized carbons (Fsp3) is 0.316. The molecule has 0 heterocycles. The zero-order valence-electron chi connectivity index (χ0n) is 14.3. The van der Waals surface area contributed by atoms with E-state index < -0.39 is 0 Å². The number of carbonyl (C=O) groups excluding carboxylic acids is 1. The van der Waals surface area contributed by atoms with E-state index in [9.17, 15) is 4.79 Å². The van der Waals surface area contributed by atoms with E-state index in [2.05, 4.69) is 5.32 Å². The Bertz CT molecular complexity index is 635. The average Bonchev–Trinajstić information content (AvgIpc) is 2.61. The number of nitrogens with one attached hydrogen (secondary N) is 2. The molecule has 1 unspecified atom stereocenters. The first kappa shape index (κ1) is 19.1. The summed E-state index contributed by atoms with van der Waals surface area (Å²) in [6.45, 7) is 2.62. The summed E-state index contributed by atoms with van der Waals surface area (Å²) in [7, 11) is 1.97. The van der Waals surface area contributed by atoms with Crippen molar-refractivity contribution >= 4 is 17.5 Å². The van der Waals surface area contributed by atoms with E-state index in [1.54, 1.807) is 24.3 Å². The highest BCUT2D eigenvalue weighted by molar-refractivity contribution is 6.30. The molecular formula is C19H24ClN2O3+. The molecule has 0 saturated heterocycles. The van der Waals surface area contributed by atoms with E-state index in [1.165, 1.54) is 0 Å². The summed E-state index contributed by atoms with van der Waals surface area (Å²) >= 11 is 5.81. The van der Waals surface area contributed by atoms with Crippen LogP contribution in [0.15, 0.2) is 54.6 Å². The van der Waals surface area contributed by atoms with Crippen molar-refractivity contribution in [3.8, 4) is 11.5 Å². The first-order valence-electron chi connectivity index (χ1n) is 8.27. The first-order chi connectivity index (χ1) is 12.1. The van der Waals surface area contributed by atoms with Gasteiger partial charge in [0.2, 0.25) is 0 Å². The zero-order chi connectivity index (χ0) is 17.9. The van der Waals surface area contributed by atoms with Gasteiger partial charge in [-0.1, -0.05) is 29.8 Å². The van der Waals surface area contributed by atoms with Gasteiger partial charge in [0.25, 0.3) is 5.91 Å². The standard InChI is InChI=1S/C19H23ClN2O3/c1-22(12-14-25-17-5-3-2-4-6-17)15-19(23)21-11-13-24-18-9-7-16(20)8-10-18/h2-10H,11-15H2,1H3,(H,21,23)/p+1. The maximum Gasteiger partial charge on any atom is 0.275 e. The highest BCUT2D eigenvalue weighted by Gasteiger charge is 2.09. The van der Waals surface area contributed by atoms with Crippen LogP contribution in [0.2, 0.25) is 5.02 Å². The zero-order valence-corrected chi connectivity index (χ0v) is 15.1. The summed E-state index contributed by atoms with van der Waals surface area (Å²) in [5.41, 5.74) is 0. The van der Waals surface area contributed by atoms with Crippen molar-refractivity contribution in [2.45, 2.75) is 0 Å². The van der Waals surface area contributed by atoms with Crippen molar-refractivity contribution in [3.63, 3.8) is 0 Å². The maximum absolute atomic E-state index is 11.9. The van der Waals surface area contributed by atoms with E-state index in [0.717, 1.165) is 22.9 Å². The van der Waals surface area contributed by atoms with Crippen molar-refractivity contribution in [2.75, 3.05) is 39.9 Å². The van der Waals surface area contributed by atoms with Crippen LogP contribution in [0.5, 0.6) is 11.5 Å². The predicted molar refractivity (Wildman–Crippen MR) is 98.5 cm³/mol. The topological polar surface area (TPSA) is 52.0 Å². The van der Waals surface area contributed by atoms with Crippen LogP contribution < -0.4 is 19.7 Å². The Balaban J connectivity index is 1.54. The highest BCUT2D eigenvalue weighted by Crippen LogP contribution is 2.15. The second-order valence-electron chi connectivity index (χ2n) is 5.70. The molecule has 0 aliphatic rings. The Kier molecular flexibility index (Phi) is 8.09. The van der Waals surface area contributed by atoms with Crippen LogP contribution in [0, 0.1) is 0 Å². The number of benzene rings is 2. The number of hydrogen-bond donors (Lipinski definition) is 2. The minimum Gasteiger partial charge on any atom is -0.492 e. The summed E-state index contributed by atoms with van der Waals surface area (Å²) in [5.74, 6) is 1.58. The molecule has 6 heteroatoms. The van der Waals surface area contributed by atoms with Gasteiger partial charge < -0.3 is 19.7 Å². The summed E-state index contributed by atoms with van der Waals surface area (Å²) in [6, 6.07) is 16.8. The normalized spacial score (nSPS) is 11.6. The van der Waals surface area contributed by atoms with Gasteiger partial charge in [-0.2, -0.15) is 0 Å². The molecule has 0 bridgehead atoms. The molecule has 2 rings (SSSR count). The number of ether oxygens (including phenoxy) is 2. The van der Waals surface area contributed by atoms with E-state index in [0.29, 0.717) is 31.3 Å². The second kappa shape index (κ2) is 10.6. The molecule has 2 aromatic rings. The third kappa shape index (κ3) is 7.92. The molecule has 1 atom stereocenters. The Hall–Kier alpha value is -2.24. The summed E-state index contributed by atoms with van der Waals surface area (Å²) in [4.78, 5) is 13.0. The lowest BCUT2D eigenvalue weighted by molar-refractivity contribution is -0.871. The molecule has 0 fully saturated rings. The highest BCUT2D eigenvalue weighted by atomic mass is 35.5. The number of para-hydroxylation sites is 1. The molecule has 134 valence electrons. The average molecular weight is 364 g/mol. The first-order valence-corrected chi connectivity index (χ1v) is 8.65. The quantitative estimate of drug-likeness (QED) is 0.628. The van der Waals surface area contributed by atoms with Crippen molar-refractivity contribution in [1.29, 1.82) is 0 Å². The van der Waals surface area contributed by atoms with Crippen LogP contribution in [0.3, 0.4) is 0 Å². The molecule has 2 aromatic carbocycles. The molecular weight excluding hydrogens is 340 g/mol. The van der Waals surface area contributed by atoms with Gasteiger partial charge in [0, 0.05) is 5.02 Å². The molecule has 0 radical (unpaired) electrons. The monoisotopic (exact) mass is 363 g/mol. The van der Waals surface area contributed by atoms with Crippen molar-refractivity contribution in [1.82, 2.24) is 5.32 Å². The van der Waals surface area contributed by atoms with E-state index >= 15 is 0 Å². The lowest BCUT2D eigenvalue weighted by Gasteiger charge is -2.14. The molecule has 0 aliphatic carbocycles. The largest absolute Gasteiger partial charge is 0.492 e. The smallest absolute Gasteiger partial charge is 0.275 e. The number of hydrogen-bond acceptors (Lipinski definition) is 3. The molecule has 0 aromatic heterocycles. The molecule has 0 saturated carbocycles. The van der Waals surface area contributed by atoms with Crippen LogP contribution in [-0.2, 0) is 4.79 Å². The van der Waals surface area contributed by atoms with Gasteiger partial charge in [-0.25, -0.2) is 0 Å². The lowest BCUT2D eigenvalue weighted by atomic mass is 10.3. The Morgan fingerprint density at radius 2 is 1.64 bits per heavy atom. The van der Waals surface area contributed by atoms with Gasteiger partial charge in [-0.05, 0) is 36.4 Å². The summed E-state index contributed by atoms with van der Waals surface area (Å²) in [6.07, 6.45) is 0. The van der Waals surface area contributed by atoms with E-state index in [4.69, 9.17) is 21.1 Å². The minimum absolute atomic E-state index is 0.00285. The van der Waals surface area contributed by atoms with Crippen molar-refractivity contribution in [2.24, 2.45) is 0 Å².